The predicted octanol–water partition coefficient (Wildman–Crippen LogP) is 3.28. The lowest BCUT2D eigenvalue weighted by molar-refractivity contribution is -0.166. The van der Waals surface area contributed by atoms with Crippen LogP contribution < -0.4 is 5.32 Å². The summed E-state index contributed by atoms with van der Waals surface area (Å²) in [6.07, 6.45) is 0.344. The molecule has 0 saturated heterocycles. The third-order valence-corrected chi connectivity index (χ3v) is 4.21. The number of aromatic nitrogens is 3. The minimum atomic E-state index is -1.33. The zero-order valence-electron chi connectivity index (χ0n) is 16.3. The van der Waals surface area contributed by atoms with Gasteiger partial charge in [0.1, 0.15) is 5.52 Å². The molecule has 0 aliphatic heterocycles. The fourth-order valence-electron chi connectivity index (χ4n) is 3.11. The molecule has 0 bridgehead atoms. The number of hydrogen-bond donors (Lipinski definition) is 1. The maximum absolute atomic E-state index is 13.5. The number of hydrogen-bond acceptors (Lipinski definition) is 4. The maximum Gasteiger partial charge on any atom is 0.276 e. The van der Waals surface area contributed by atoms with E-state index in [4.69, 9.17) is 4.74 Å². The van der Waals surface area contributed by atoms with Crippen molar-refractivity contribution in [2.24, 2.45) is 0 Å². The van der Waals surface area contributed by atoms with E-state index in [2.05, 4.69) is 15.6 Å². The lowest BCUT2D eigenvalue weighted by Gasteiger charge is -2.35. The molecule has 1 amide bonds. The monoisotopic (exact) mass is 366 g/mol. The number of nitrogens with one attached hydrogen (secondary N) is 1. The van der Waals surface area contributed by atoms with Gasteiger partial charge < -0.3 is 10.1 Å². The Hall–Kier alpha value is -2.73. The third-order valence-electron chi connectivity index (χ3n) is 4.21. The third kappa shape index (κ3) is 4.01. The molecule has 1 heterocycles. The first-order valence-corrected chi connectivity index (χ1v) is 9.17. The first-order valence-electron chi connectivity index (χ1n) is 9.17. The quantitative estimate of drug-likeness (QED) is 0.727. The van der Waals surface area contributed by atoms with Gasteiger partial charge in [-0.05, 0) is 45.4 Å². The van der Waals surface area contributed by atoms with Crippen molar-refractivity contribution in [1.82, 2.24) is 20.3 Å². The molecule has 2 aromatic carbocycles. The number of rotatable bonds is 6. The van der Waals surface area contributed by atoms with Crippen molar-refractivity contribution >= 4 is 16.9 Å². The fraction of sp³-hybridized carbons (Fsp3) is 0.381. The van der Waals surface area contributed by atoms with Gasteiger partial charge in [0.05, 0.1) is 5.52 Å². The van der Waals surface area contributed by atoms with Crippen LogP contribution in [-0.4, -0.2) is 33.0 Å². The molecule has 1 aromatic heterocycles. The van der Waals surface area contributed by atoms with Crippen molar-refractivity contribution in [3.8, 4) is 0 Å². The number of benzene rings is 2. The Morgan fingerprint density at radius 2 is 1.74 bits per heavy atom. The molecule has 0 aliphatic carbocycles. The minimum Gasteiger partial charge on any atom is -0.347 e. The molecule has 142 valence electrons. The Bertz CT molecular complexity index is 915. The summed E-state index contributed by atoms with van der Waals surface area (Å²) in [6, 6.07) is 17.4. The summed E-state index contributed by atoms with van der Waals surface area (Å²) >= 11 is 0. The van der Waals surface area contributed by atoms with Crippen LogP contribution in [0.4, 0.5) is 0 Å². The van der Waals surface area contributed by atoms with E-state index < -0.39 is 11.3 Å². The number of carbonyl (C=O) groups excluding carboxylic acids is 1. The number of carbonyl (C=O) groups is 1. The average molecular weight is 366 g/mol. The largest absolute Gasteiger partial charge is 0.347 e. The fourth-order valence-corrected chi connectivity index (χ4v) is 3.11. The van der Waals surface area contributed by atoms with Crippen LogP contribution in [0, 0.1) is 0 Å². The van der Waals surface area contributed by atoms with Crippen molar-refractivity contribution in [1.29, 1.82) is 0 Å². The molecule has 27 heavy (non-hydrogen) atoms. The molecule has 1 N–H and O–H groups in total. The zero-order valence-corrected chi connectivity index (χ0v) is 16.3. The van der Waals surface area contributed by atoms with Crippen molar-refractivity contribution < 1.29 is 9.53 Å². The highest BCUT2D eigenvalue weighted by molar-refractivity contribution is 5.86. The molecule has 1 unspecified atom stereocenters. The molecular formula is C21H26N4O2. The van der Waals surface area contributed by atoms with Crippen LogP contribution in [-0.2, 0) is 21.7 Å². The summed E-state index contributed by atoms with van der Waals surface area (Å²) in [5, 5.41) is 11.6. The topological polar surface area (TPSA) is 69.0 Å². The summed E-state index contributed by atoms with van der Waals surface area (Å²) in [5.41, 5.74) is 0.713. The summed E-state index contributed by atoms with van der Waals surface area (Å²) in [5.74, 6) is -0.239. The van der Waals surface area contributed by atoms with E-state index in [1.54, 1.807) is 4.68 Å². The predicted molar refractivity (Wildman–Crippen MR) is 105 cm³/mol. The first kappa shape index (κ1) is 19.0. The lowest BCUT2D eigenvalue weighted by atomic mass is 9.99. The summed E-state index contributed by atoms with van der Waals surface area (Å²) < 4.78 is 7.75. The standard InChI is InChI=1S/C21H26N4O2/c1-5-27-21(19(26)22-20(2,3)4,15-16-11-7-6-8-12-16)25-18-14-10-9-13-17(18)23-24-25/h6-14H,5,15H2,1-4H3,(H,22,26). The van der Waals surface area contributed by atoms with Crippen molar-refractivity contribution in [3.05, 3.63) is 60.2 Å². The van der Waals surface area contributed by atoms with E-state index in [0.29, 0.717) is 13.0 Å². The molecule has 0 aliphatic rings. The van der Waals surface area contributed by atoms with Crippen LogP contribution in [0.2, 0.25) is 0 Å². The van der Waals surface area contributed by atoms with Gasteiger partial charge in [-0.2, -0.15) is 0 Å². The molecule has 1 atom stereocenters. The van der Waals surface area contributed by atoms with Gasteiger partial charge in [-0.25, -0.2) is 4.68 Å². The molecule has 0 saturated carbocycles. The lowest BCUT2D eigenvalue weighted by Crippen LogP contribution is -2.57. The molecule has 3 aromatic rings. The van der Waals surface area contributed by atoms with Crippen molar-refractivity contribution in [2.75, 3.05) is 6.61 Å². The Labute approximate surface area is 159 Å². The highest BCUT2D eigenvalue weighted by Gasteiger charge is 2.45. The van der Waals surface area contributed by atoms with Gasteiger partial charge in [-0.3, -0.25) is 4.79 Å². The van der Waals surface area contributed by atoms with E-state index in [1.807, 2.05) is 82.3 Å². The van der Waals surface area contributed by atoms with Crippen LogP contribution >= 0.6 is 0 Å². The van der Waals surface area contributed by atoms with Gasteiger partial charge >= 0.3 is 0 Å². The van der Waals surface area contributed by atoms with Gasteiger partial charge in [0, 0.05) is 18.6 Å². The van der Waals surface area contributed by atoms with E-state index in [0.717, 1.165) is 16.6 Å². The molecule has 0 fully saturated rings. The Balaban J connectivity index is 2.18. The molecular weight excluding hydrogens is 340 g/mol. The molecule has 3 rings (SSSR count). The number of ether oxygens (including phenoxy) is 1. The highest BCUT2D eigenvalue weighted by Crippen LogP contribution is 2.28. The second-order valence-corrected chi connectivity index (χ2v) is 7.57. The second-order valence-electron chi connectivity index (χ2n) is 7.57. The smallest absolute Gasteiger partial charge is 0.276 e. The Morgan fingerprint density at radius 3 is 2.41 bits per heavy atom. The van der Waals surface area contributed by atoms with E-state index in [9.17, 15) is 4.79 Å². The van der Waals surface area contributed by atoms with Gasteiger partial charge in [0.15, 0.2) is 0 Å². The summed E-state index contributed by atoms with van der Waals surface area (Å²) in [4.78, 5) is 13.5. The number of nitrogens with zero attached hydrogens (tertiary/aromatic N) is 3. The number of para-hydroxylation sites is 1. The molecule has 0 radical (unpaired) electrons. The normalized spacial score (nSPS) is 14.1. The number of fused-ring (bicyclic) bond motifs is 1. The first-order chi connectivity index (χ1) is 12.9. The minimum absolute atomic E-state index is 0.239. The highest BCUT2D eigenvalue weighted by atomic mass is 16.5. The number of amides is 1. The van der Waals surface area contributed by atoms with Crippen LogP contribution in [0.15, 0.2) is 54.6 Å². The van der Waals surface area contributed by atoms with Gasteiger partial charge in [0.25, 0.3) is 5.91 Å². The van der Waals surface area contributed by atoms with Gasteiger partial charge in [-0.1, -0.05) is 47.7 Å². The van der Waals surface area contributed by atoms with Gasteiger partial charge in [0.2, 0.25) is 5.72 Å². The Morgan fingerprint density at radius 1 is 1.07 bits per heavy atom. The van der Waals surface area contributed by atoms with Crippen molar-refractivity contribution in [3.63, 3.8) is 0 Å². The van der Waals surface area contributed by atoms with Crippen LogP contribution in [0.3, 0.4) is 0 Å². The zero-order chi connectivity index (χ0) is 19.5. The van der Waals surface area contributed by atoms with Crippen LogP contribution in [0.5, 0.6) is 0 Å². The second kappa shape index (κ2) is 7.48. The van der Waals surface area contributed by atoms with E-state index in [1.165, 1.54) is 0 Å². The SMILES string of the molecule is CCOC(Cc1ccccc1)(C(=O)NC(C)(C)C)n1nnc2ccccc21. The van der Waals surface area contributed by atoms with Crippen LogP contribution in [0.1, 0.15) is 33.3 Å². The van der Waals surface area contributed by atoms with E-state index >= 15 is 0 Å². The maximum atomic E-state index is 13.5. The molecule has 6 heteroatoms. The summed E-state index contributed by atoms with van der Waals surface area (Å²) in [7, 11) is 0. The molecule has 6 nitrogen and oxygen atoms in total. The van der Waals surface area contributed by atoms with Gasteiger partial charge in [-0.15, -0.1) is 5.10 Å². The van der Waals surface area contributed by atoms with Crippen molar-refractivity contribution in [2.45, 2.75) is 45.4 Å². The summed E-state index contributed by atoms with van der Waals surface area (Å²) in [6.45, 7) is 8.08. The average Bonchev–Trinajstić information content (AvgIpc) is 3.05. The Kier molecular flexibility index (Phi) is 5.28. The molecule has 0 spiro atoms. The van der Waals surface area contributed by atoms with E-state index in [-0.39, 0.29) is 5.91 Å². The van der Waals surface area contributed by atoms with Crippen LogP contribution in [0.25, 0.3) is 11.0 Å².